The molecule has 0 nitrogen and oxygen atoms in total. The molecule has 0 heterocycles. The summed E-state index contributed by atoms with van der Waals surface area (Å²) in [7, 11) is 0. The van der Waals surface area contributed by atoms with Crippen LogP contribution >= 0.6 is 0 Å². The number of allylic oxidation sites excluding steroid dienone is 1. The van der Waals surface area contributed by atoms with Gasteiger partial charge in [0.25, 0.3) is 0 Å². The molecule has 0 aliphatic heterocycles. The second kappa shape index (κ2) is 9.00. The summed E-state index contributed by atoms with van der Waals surface area (Å²) >= 11 is 0. The van der Waals surface area contributed by atoms with Gasteiger partial charge in [-0.15, -0.1) is 6.58 Å². The molecule has 0 aromatic heterocycles. The molecule has 2 saturated carbocycles. The second-order valence-corrected chi connectivity index (χ2v) is 6.90. The van der Waals surface area contributed by atoms with E-state index in [0.717, 1.165) is 17.8 Å². The van der Waals surface area contributed by atoms with Crippen LogP contribution in [0.25, 0.3) is 0 Å². The second-order valence-electron chi connectivity index (χ2n) is 6.90. The van der Waals surface area contributed by atoms with Gasteiger partial charge in [0.05, 0.1) is 0 Å². The van der Waals surface area contributed by atoms with E-state index in [1.54, 1.807) is 0 Å². The molecule has 0 spiro atoms. The maximum atomic E-state index is 3.85. The normalized spacial score (nSPS) is 32.2. The molecule has 0 bridgehead atoms. The summed E-state index contributed by atoms with van der Waals surface area (Å²) in [5.41, 5.74) is 0. The average Bonchev–Trinajstić information content (AvgIpc) is 2.54. The quantitative estimate of drug-likeness (QED) is 0.465. The van der Waals surface area contributed by atoms with E-state index in [1.807, 2.05) is 6.92 Å². The van der Waals surface area contributed by atoms with Crippen molar-refractivity contribution in [2.45, 2.75) is 71.1 Å². The zero-order valence-corrected chi connectivity index (χ0v) is 13.7. The van der Waals surface area contributed by atoms with Gasteiger partial charge < -0.3 is 0 Å². The number of rotatable bonds is 4. The van der Waals surface area contributed by atoms with E-state index in [0.29, 0.717) is 5.92 Å². The van der Waals surface area contributed by atoms with Gasteiger partial charge in [0, 0.05) is 5.92 Å². The summed E-state index contributed by atoms with van der Waals surface area (Å²) in [6, 6.07) is 0. The molecule has 21 heavy (non-hydrogen) atoms. The Hall–Kier alpha value is -1.14. The van der Waals surface area contributed by atoms with Crippen molar-refractivity contribution in [1.29, 1.82) is 0 Å². The van der Waals surface area contributed by atoms with E-state index in [9.17, 15) is 0 Å². The fraction of sp³-hybridized carbons (Fsp3) is 0.714. The fourth-order valence-electron chi connectivity index (χ4n) is 4.24. The lowest BCUT2D eigenvalue weighted by molar-refractivity contribution is 0.154. The van der Waals surface area contributed by atoms with Gasteiger partial charge in [-0.3, -0.25) is 0 Å². The summed E-state index contributed by atoms with van der Waals surface area (Å²) in [6.07, 6.45) is 16.0. The highest BCUT2D eigenvalue weighted by Gasteiger charge is 2.30. The first kappa shape index (κ1) is 16.2. The Labute approximate surface area is 131 Å². The van der Waals surface area contributed by atoms with E-state index in [2.05, 4.69) is 36.3 Å². The van der Waals surface area contributed by atoms with E-state index < -0.39 is 0 Å². The molecular weight excluding hydrogens is 252 g/mol. The first-order valence-electron chi connectivity index (χ1n) is 8.86. The maximum Gasteiger partial charge on any atom is 0.0213 e. The van der Waals surface area contributed by atoms with Crippen LogP contribution in [0.1, 0.15) is 71.1 Å². The van der Waals surface area contributed by atoms with E-state index in [-0.39, 0.29) is 0 Å². The molecular formula is C21H30. The lowest BCUT2D eigenvalue weighted by atomic mass is 9.69. The summed E-state index contributed by atoms with van der Waals surface area (Å²) in [5, 5.41) is 0. The molecule has 0 unspecified atom stereocenters. The van der Waals surface area contributed by atoms with Crippen molar-refractivity contribution in [2.75, 3.05) is 0 Å². The first-order valence-corrected chi connectivity index (χ1v) is 8.86. The molecule has 0 saturated heterocycles. The Bertz CT molecular complexity index is 420. The fourth-order valence-corrected chi connectivity index (χ4v) is 4.24. The van der Waals surface area contributed by atoms with Gasteiger partial charge >= 0.3 is 0 Å². The zero-order valence-electron chi connectivity index (χ0n) is 13.7. The summed E-state index contributed by atoms with van der Waals surface area (Å²) in [5.74, 6) is 15.7. The molecule has 0 radical (unpaired) electrons. The Morgan fingerprint density at radius 3 is 2.10 bits per heavy atom. The molecule has 0 aromatic carbocycles. The smallest absolute Gasteiger partial charge is 0.0213 e. The Kier molecular flexibility index (Phi) is 6.95. The van der Waals surface area contributed by atoms with Crippen molar-refractivity contribution < 1.29 is 0 Å². The van der Waals surface area contributed by atoms with Gasteiger partial charge in [-0.2, -0.15) is 0 Å². The minimum absolute atomic E-state index is 0.617. The van der Waals surface area contributed by atoms with Crippen molar-refractivity contribution in [3.63, 3.8) is 0 Å². The van der Waals surface area contributed by atoms with Crippen LogP contribution in [0.2, 0.25) is 0 Å². The van der Waals surface area contributed by atoms with Crippen molar-refractivity contribution in [2.24, 2.45) is 23.7 Å². The molecule has 2 aliphatic rings. The molecule has 2 aliphatic carbocycles. The third-order valence-corrected chi connectivity index (χ3v) is 5.57. The van der Waals surface area contributed by atoms with Crippen molar-refractivity contribution in [1.82, 2.24) is 0 Å². The van der Waals surface area contributed by atoms with Crippen LogP contribution in [0.4, 0.5) is 0 Å². The highest BCUT2D eigenvalue weighted by atomic mass is 14.3. The Morgan fingerprint density at radius 1 is 0.905 bits per heavy atom. The summed E-state index contributed by atoms with van der Waals surface area (Å²) in [4.78, 5) is 0. The minimum Gasteiger partial charge on any atom is -0.103 e. The SMILES string of the molecule is C=CCCC1CCC(C2CCC(C#CC#CC)CC2)CC1. The lowest BCUT2D eigenvalue weighted by Gasteiger charge is -2.37. The molecule has 0 N–H and O–H groups in total. The molecule has 2 rings (SSSR count). The Balaban J connectivity index is 1.70. The van der Waals surface area contributed by atoms with Crippen molar-refractivity contribution >= 4 is 0 Å². The van der Waals surface area contributed by atoms with Gasteiger partial charge in [-0.1, -0.05) is 30.8 Å². The molecule has 114 valence electrons. The van der Waals surface area contributed by atoms with Crippen molar-refractivity contribution in [3.05, 3.63) is 12.7 Å². The topological polar surface area (TPSA) is 0 Å². The minimum atomic E-state index is 0.617. The third-order valence-electron chi connectivity index (χ3n) is 5.57. The van der Waals surface area contributed by atoms with Gasteiger partial charge in [-0.05, 0) is 87.9 Å². The Morgan fingerprint density at radius 2 is 1.52 bits per heavy atom. The van der Waals surface area contributed by atoms with Crippen LogP contribution in [0.15, 0.2) is 12.7 Å². The predicted molar refractivity (Wildman–Crippen MR) is 91.6 cm³/mol. The van der Waals surface area contributed by atoms with Gasteiger partial charge in [0.1, 0.15) is 0 Å². The summed E-state index contributed by atoms with van der Waals surface area (Å²) in [6.45, 7) is 5.71. The highest BCUT2D eigenvalue weighted by molar-refractivity contribution is 5.26. The summed E-state index contributed by atoms with van der Waals surface area (Å²) < 4.78 is 0. The van der Waals surface area contributed by atoms with E-state index in [1.165, 1.54) is 64.2 Å². The third kappa shape index (κ3) is 5.28. The average molecular weight is 282 g/mol. The van der Waals surface area contributed by atoms with Crippen molar-refractivity contribution in [3.8, 4) is 23.7 Å². The molecule has 0 atom stereocenters. The van der Waals surface area contributed by atoms with Crippen LogP contribution in [0.5, 0.6) is 0 Å². The van der Waals surface area contributed by atoms with E-state index >= 15 is 0 Å². The number of hydrogen-bond donors (Lipinski definition) is 0. The van der Waals surface area contributed by atoms with Gasteiger partial charge in [-0.25, -0.2) is 0 Å². The molecule has 0 aromatic rings. The first-order chi connectivity index (χ1) is 10.3. The van der Waals surface area contributed by atoms with Crippen LogP contribution in [-0.4, -0.2) is 0 Å². The van der Waals surface area contributed by atoms with Crippen LogP contribution in [-0.2, 0) is 0 Å². The maximum absolute atomic E-state index is 3.85. The largest absolute Gasteiger partial charge is 0.103 e. The highest BCUT2D eigenvalue weighted by Crippen LogP contribution is 2.42. The van der Waals surface area contributed by atoms with Gasteiger partial charge in [0.15, 0.2) is 0 Å². The van der Waals surface area contributed by atoms with E-state index in [4.69, 9.17) is 0 Å². The van der Waals surface area contributed by atoms with Crippen LogP contribution in [0, 0.1) is 47.4 Å². The van der Waals surface area contributed by atoms with Crippen LogP contribution < -0.4 is 0 Å². The monoisotopic (exact) mass is 282 g/mol. The van der Waals surface area contributed by atoms with Gasteiger partial charge in [0.2, 0.25) is 0 Å². The lowest BCUT2D eigenvalue weighted by Crippen LogP contribution is -2.25. The van der Waals surface area contributed by atoms with Crippen LogP contribution in [0.3, 0.4) is 0 Å². The molecule has 2 fully saturated rings. The zero-order chi connectivity index (χ0) is 14.9. The predicted octanol–water partition coefficient (Wildman–Crippen LogP) is 5.59. The molecule has 0 heteroatoms. The number of hydrogen-bond acceptors (Lipinski definition) is 0. The molecule has 0 amide bonds. The standard InChI is InChI=1S/C21H30/c1-3-5-7-9-19-12-16-21(17-13-19)20-14-10-18(11-15-20)8-6-4-2/h4,18-21H,2,6,8,10-17H2,1H3.